The SMILES string of the molecule is CC(C)(C)c1ccc(S(=O)(=O)NCCCNc2cc(-c3ccccc3Cl)nc3c(Br)cnn23)cc1. The Morgan fingerprint density at radius 3 is 2.46 bits per heavy atom. The summed E-state index contributed by atoms with van der Waals surface area (Å²) in [5.41, 5.74) is 3.25. The van der Waals surface area contributed by atoms with Gasteiger partial charge in [-0.3, -0.25) is 0 Å². The molecule has 7 nitrogen and oxygen atoms in total. The Morgan fingerprint density at radius 2 is 1.77 bits per heavy atom. The van der Waals surface area contributed by atoms with Crippen molar-refractivity contribution in [1.29, 1.82) is 0 Å². The molecule has 0 radical (unpaired) electrons. The van der Waals surface area contributed by atoms with E-state index < -0.39 is 10.0 Å². The number of nitrogens with one attached hydrogen (secondary N) is 2. The number of aromatic nitrogens is 3. The topological polar surface area (TPSA) is 88.4 Å². The molecule has 0 aliphatic rings. The Labute approximate surface area is 219 Å². The molecule has 0 spiro atoms. The second-order valence-corrected chi connectivity index (χ2v) is 12.2. The number of sulfonamides is 1. The van der Waals surface area contributed by atoms with Crippen LogP contribution in [0.15, 0.2) is 70.2 Å². The third-order valence-corrected chi connectivity index (χ3v) is 7.93. The van der Waals surface area contributed by atoms with Crippen LogP contribution in [0, 0.1) is 0 Å². The molecule has 2 aromatic heterocycles. The maximum Gasteiger partial charge on any atom is 0.240 e. The smallest absolute Gasteiger partial charge is 0.240 e. The highest BCUT2D eigenvalue weighted by Crippen LogP contribution is 2.30. The monoisotopic (exact) mass is 575 g/mol. The molecular weight excluding hydrogens is 550 g/mol. The molecule has 4 rings (SSSR count). The number of rotatable bonds is 8. The minimum atomic E-state index is -3.57. The van der Waals surface area contributed by atoms with E-state index in [1.54, 1.807) is 22.8 Å². The number of hydrogen-bond donors (Lipinski definition) is 2. The van der Waals surface area contributed by atoms with Crippen molar-refractivity contribution in [2.24, 2.45) is 0 Å². The van der Waals surface area contributed by atoms with Crippen molar-refractivity contribution in [3.8, 4) is 11.3 Å². The lowest BCUT2D eigenvalue weighted by atomic mass is 9.87. The predicted molar refractivity (Wildman–Crippen MR) is 145 cm³/mol. The van der Waals surface area contributed by atoms with Crippen LogP contribution in [0.3, 0.4) is 0 Å². The zero-order chi connectivity index (χ0) is 25.2. The Hall–Kier alpha value is -2.46. The van der Waals surface area contributed by atoms with Gasteiger partial charge >= 0.3 is 0 Å². The van der Waals surface area contributed by atoms with Crippen molar-refractivity contribution in [3.05, 3.63) is 75.9 Å². The summed E-state index contributed by atoms with van der Waals surface area (Å²) < 4.78 is 30.5. The van der Waals surface area contributed by atoms with Crippen LogP contribution >= 0.6 is 27.5 Å². The fraction of sp³-hybridized carbons (Fsp3) is 0.280. The highest BCUT2D eigenvalue weighted by Gasteiger charge is 2.17. The fourth-order valence-corrected chi connectivity index (χ4v) is 5.25. The maximum absolute atomic E-state index is 12.7. The molecule has 184 valence electrons. The molecule has 0 saturated heterocycles. The van der Waals surface area contributed by atoms with Crippen LogP contribution in [0.25, 0.3) is 16.9 Å². The van der Waals surface area contributed by atoms with Gasteiger partial charge in [-0.15, -0.1) is 0 Å². The average molecular weight is 577 g/mol. The van der Waals surface area contributed by atoms with Gasteiger partial charge in [-0.2, -0.15) is 9.61 Å². The minimum Gasteiger partial charge on any atom is -0.370 e. The third-order valence-electron chi connectivity index (χ3n) is 5.56. The van der Waals surface area contributed by atoms with Gasteiger partial charge in [-0.1, -0.05) is 62.7 Å². The molecule has 0 saturated carbocycles. The molecule has 0 fully saturated rings. The fourth-order valence-electron chi connectivity index (χ4n) is 3.60. The van der Waals surface area contributed by atoms with E-state index in [0.717, 1.165) is 21.4 Å². The maximum atomic E-state index is 12.7. The number of anilines is 1. The molecule has 4 aromatic rings. The molecule has 0 atom stereocenters. The summed E-state index contributed by atoms with van der Waals surface area (Å²) >= 11 is 9.88. The van der Waals surface area contributed by atoms with Crippen molar-refractivity contribution in [3.63, 3.8) is 0 Å². The second-order valence-electron chi connectivity index (χ2n) is 9.19. The Bertz CT molecular complexity index is 1450. The van der Waals surface area contributed by atoms with Crippen molar-refractivity contribution in [1.82, 2.24) is 19.3 Å². The zero-order valence-corrected chi connectivity index (χ0v) is 22.9. The summed E-state index contributed by atoms with van der Waals surface area (Å²) in [6.07, 6.45) is 2.26. The molecule has 0 aliphatic heterocycles. The van der Waals surface area contributed by atoms with E-state index in [-0.39, 0.29) is 10.3 Å². The van der Waals surface area contributed by atoms with Gasteiger partial charge in [0.25, 0.3) is 0 Å². The first kappa shape index (κ1) is 25.6. The average Bonchev–Trinajstić information content (AvgIpc) is 3.19. The van der Waals surface area contributed by atoms with Crippen molar-refractivity contribution in [2.45, 2.75) is 37.5 Å². The van der Waals surface area contributed by atoms with Gasteiger partial charge in [0.15, 0.2) is 5.65 Å². The minimum absolute atomic E-state index is 0.0321. The highest BCUT2D eigenvalue weighted by molar-refractivity contribution is 9.10. The van der Waals surface area contributed by atoms with Crippen molar-refractivity contribution >= 4 is 49.0 Å². The first-order valence-electron chi connectivity index (χ1n) is 11.2. The van der Waals surface area contributed by atoms with E-state index in [4.69, 9.17) is 16.6 Å². The second kappa shape index (κ2) is 10.3. The molecular formula is C25H27BrClN5O2S. The summed E-state index contributed by atoms with van der Waals surface area (Å²) in [5, 5.41) is 8.33. The zero-order valence-electron chi connectivity index (χ0n) is 19.7. The quantitative estimate of drug-likeness (QED) is 0.255. The highest BCUT2D eigenvalue weighted by atomic mass is 79.9. The van der Waals surface area contributed by atoms with E-state index in [0.29, 0.717) is 35.9 Å². The van der Waals surface area contributed by atoms with Crippen LogP contribution < -0.4 is 10.0 Å². The summed E-state index contributed by atoms with van der Waals surface area (Å²) in [5.74, 6) is 0.733. The Balaban J connectivity index is 1.42. The van der Waals surface area contributed by atoms with Gasteiger partial charge in [0.2, 0.25) is 10.0 Å². The summed E-state index contributed by atoms with van der Waals surface area (Å²) in [4.78, 5) is 4.96. The molecule has 0 amide bonds. The van der Waals surface area contributed by atoms with Crippen LogP contribution in [0.5, 0.6) is 0 Å². The van der Waals surface area contributed by atoms with E-state index >= 15 is 0 Å². The van der Waals surface area contributed by atoms with Crippen LogP contribution in [0.1, 0.15) is 32.8 Å². The van der Waals surface area contributed by atoms with Gasteiger partial charge < -0.3 is 5.32 Å². The Morgan fingerprint density at radius 1 is 1.06 bits per heavy atom. The molecule has 0 unspecified atom stereocenters. The number of fused-ring (bicyclic) bond motifs is 1. The first-order valence-corrected chi connectivity index (χ1v) is 13.8. The largest absolute Gasteiger partial charge is 0.370 e. The number of benzene rings is 2. The van der Waals surface area contributed by atoms with Crippen LogP contribution in [-0.4, -0.2) is 36.1 Å². The molecule has 2 aromatic carbocycles. The first-order chi connectivity index (χ1) is 16.6. The van der Waals surface area contributed by atoms with E-state index in [1.807, 2.05) is 42.5 Å². The van der Waals surface area contributed by atoms with Crippen LogP contribution in [0.4, 0.5) is 5.82 Å². The standard InChI is InChI=1S/C25H27BrClN5O2S/c1-25(2,3)17-9-11-18(12-10-17)35(33,34)30-14-6-13-28-23-15-22(19-7-4-5-8-21(19)27)31-24-20(26)16-29-32(23)24/h4-5,7-12,15-16,28,30H,6,13-14H2,1-3H3. The summed E-state index contributed by atoms with van der Waals surface area (Å²) in [7, 11) is -3.57. The van der Waals surface area contributed by atoms with E-state index in [9.17, 15) is 8.42 Å². The lowest BCUT2D eigenvalue weighted by Crippen LogP contribution is -2.26. The molecule has 2 N–H and O–H groups in total. The van der Waals surface area contributed by atoms with E-state index in [1.165, 1.54) is 0 Å². The molecule has 35 heavy (non-hydrogen) atoms. The Kier molecular flexibility index (Phi) is 7.51. The van der Waals surface area contributed by atoms with Gasteiger partial charge in [-0.25, -0.2) is 18.1 Å². The molecule has 10 heteroatoms. The van der Waals surface area contributed by atoms with Gasteiger partial charge in [-0.05, 0) is 51.5 Å². The van der Waals surface area contributed by atoms with Crippen molar-refractivity contribution < 1.29 is 8.42 Å². The van der Waals surface area contributed by atoms with Gasteiger partial charge in [0.05, 0.1) is 21.3 Å². The summed E-state index contributed by atoms with van der Waals surface area (Å²) in [6, 6.07) is 16.4. The normalized spacial score (nSPS) is 12.3. The molecule has 0 bridgehead atoms. The number of nitrogens with zero attached hydrogens (tertiary/aromatic N) is 3. The summed E-state index contributed by atoms with van der Waals surface area (Å²) in [6.45, 7) is 7.11. The number of hydrogen-bond acceptors (Lipinski definition) is 5. The molecule has 0 aliphatic carbocycles. The van der Waals surface area contributed by atoms with Gasteiger partial charge in [0.1, 0.15) is 5.82 Å². The predicted octanol–water partition coefficient (Wildman–Crippen LogP) is 5.89. The third kappa shape index (κ3) is 5.86. The van der Waals surface area contributed by atoms with Crippen LogP contribution in [0.2, 0.25) is 5.02 Å². The lowest BCUT2D eigenvalue weighted by molar-refractivity contribution is 0.577. The van der Waals surface area contributed by atoms with Crippen LogP contribution in [-0.2, 0) is 15.4 Å². The van der Waals surface area contributed by atoms with Crippen molar-refractivity contribution in [2.75, 3.05) is 18.4 Å². The van der Waals surface area contributed by atoms with E-state index in [2.05, 4.69) is 51.8 Å². The molecule has 2 heterocycles. The van der Waals surface area contributed by atoms with Gasteiger partial charge in [0, 0.05) is 29.7 Å². The number of halogens is 2. The lowest BCUT2D eigenvalue weighted by Gasteiger charge is -2.19.